The predicted molar refractivity (Wildman–Crippen MR) is 75.6 cm³/mol. The van der Waals surface area contributed by atoms with Gasteiger partial charge in [0.05, 0.1) is 18.7 Å². The third kappa shape index (κ3) is 5.40. The second-order valence-corrected chi connectivity index (χ2v) is 4.52. The van der Waals surface area contributed by atoms with Crippen LogP contribution < -0.4 is 0 Å². The van der Waals surface area contributed by atoms with E-state index in [4.69, 9.17) is 9.84 Å². The fourth-order valence-electron chi connectivity index (χ4n) is 1.98. The van der Waals surface area contributed by atoms with Gasteiger partial charge in [0, 0.05) is 6.54 Å². The Morgan fingerprint density at radius 1 is 1.30 bits per heavy atom. The molecule has 5 nitrogen and oxygen atoms in total. The molecule has 110 valence electrons. The van der Waals surface area contributed by atoms with Crippen LogP contribution in [-0.2, 0) is 16.1 Å². The topological polar surface area (TPSA) is 66.8 Å². The van der Waals surface area contributed by atoms with E-state index < -0.39 is 5.97 Å². The van der Waals surface area contributed by atoms with Gasteiger partial charge in [0.15, 0.2) is 0 Å². The SMILES string of the molecule is CCCN(CC(=O)OCC)Cc1cccc(C(=O)O)c1. The van der Waals surface area contributed by atoms with E-state index in [1.54, 1.807) is 25.1 Å². The number of hydrogen-bond acceptors (Lipinski definition) is 4. The van der Waals surface area contributed by atoms with Crippen molar-refractivity contribution < 1.29 is 19.4 Å². The summed E-state index contributed by atoms with van der Waals surface area (Å²) in [6.07, 6.45) is 0.915. The van der Waals surface area contributed by atoms with Crippen LogP contribution in [0.4, 0.5) is 0 Å². The molecular weight excluding hydrogens is 258 g/mol. The lowest BCUT2D eigenvalue weighted by Gasteiger charge is -2.20. The molecule has 5 heteroatoms. The molecule has 0 bridgehead atoms. The van der Waals surface area contributed by atoms with Crippen molar-refractivity contribution in [3.05, 3.63) is 35.4 Å². The third-order valence-corrected chi connectivity index (χ3v) is 2.78. The van der Waals surface area contributed by atoms with Crippen LogP contribution >= 0.6 is 0 Å². The second-order valence-electron chi connectivity index (χ2n) is 4.52. The molecule has 0 atom stereocenters. The van der Waals surface area contributed by atoms with Crippen molar-refractivity contribution in [2.75, 3.05) is 19.7 Å². The Bertz CT molecular complexity index is 459. The van der Waals surface area contributed by atoms with Gasteiger partial charge in [-0.25, -0.2) is 4.79 Å². The number of hydrogen-bond donors (Lipinski definition) is 1. The Balaban J connectivity index is 2.71. The Morgan fingerprint density at radius 3 is 2.65 bits per heavy atom. The first-order valence-electron chi connectivity index (χ1n) is 6.77. The molecule has 0 radical (unpaired) electrons. The molecular formula is C15H21NO4. The van der Waals surface area contributed by atoms with Crippen LogP contribution in [0.5, 0.6) is 0 Å². The van der Waals surface area contributed by atoms with Crippen LogP contribution in [-0.4, -0.2) is 41.6 Å². The fraction of sp³-hybridized carbons (Fsp3) is 0.467. The first kappa shape index (κ1) is 16.2. The van der Waals surface area contributed by atoms with Gasteiger partial charge in [-0.2, -0.15) is 0 Å². The lowest BCUT2D eigenvalue weighted by molar-refractivity contribution is -0.144. The molecule has 0 heterocycles. The van der Waals surface area contributed by atoms with E-state index in [1.165, 1.54) is 0 Å². The Morgan fingerprint density at radius 2 is 2.05 bits per heavy atom. The Kier molecular flexibility index (Phi) is 6.73. The number of nitrogens with zero attached hydrogens (tertiary/aromatic N) is 1. The lowest BCUT2D eigenvalue weighted by atomic mass is 10.1. The average Bonchev–Trinajstić information content (AvgIpc) is 2.39. The molecule has 1 aromatic carbocycles. The largest absolute Gasteiger partial charge is 0.478 e. The summed E-state index contributed by atoms with van der Waals surface area (Å²) in [6, 6.07) is 6.77. The zero-order chi connectivity index (χ0) is 15.0. The highest BCUT2D eigenvalue weighted by Crippen LogP contribution is 2.09. The maximum Gasteiger partial charge on any atom is 0.335 e. The van der Waals surface area contributed by atoms with E-state index in [0.29, 0.717) is 13.2 Å². The lowest BCUT2D eigenvalue weighted by Crippen LogP contribution is -2.31. The van der Waals surface area contributed by atoms with Crippen LogP contribution in [0.1, 0.15) is 36.2 Å². The smallest absolute Gasteiger partial charge is 0.335 e. The number of carboxylic acids is 1. The van der Waals surface area contributed by atoms with Crippen molar-refractivity contribution in [3.63, 3.8) is 0 Å². The third-order valence-electron chi connectivity index (χ3n) is 2.78. The zero-order valence-corrected chi connectivity index (χ0v) is 12.0. The summed E-state index contributed by atoms with van der Waals surface area (Å²) < 4.78 is 4.94. The molecule has 0 aliphatic rings. The van der Waals surface area contributed by atoms with Gasteiger partial charge in [0.25, 0.3) is 0 Å². The van der Waals surface area contributed by atoms with Crippen LogP contribution in [0, 0.1) is 0 Å². The summed E-state index contributed by atoms with van der Waals surface area (Å²) in [6.45, 7) is 5.69. The standard InChI is InChI=1S/C15H21NO4/c1-3-8-16(11-14(17)20-4-2)10-12-6-5-7-13(9-12)15(18)19/h5-7,9H,3-4,8,10-11H2,1-2H3,(H,18,19). The van der Waals surface area contributed by atoms with E-state index in [0.717, 1.165) is 18.5 Å². The predicted octanol–water partition coefficient (Wildman–Crippen LogP) is 2.16. The highest BCUT2D eigenvalue weighted by atomic mass is 16.5. The van der Waals surface area contributed by atoms with E-state index in [1.807, 2.05) is 17.9 Å². The minimum Gasteiger partial charge on any atom is -0.478 e. The fourth-order valence-corrected chi connectivity index (χ4v) is 1.98. The molecule has 1 rings (SSSR count). The van der Waals surface area contributed by atoms with Gasteiger partial charge in [-0.05, 0) is 37.6 Å². The molecule has 1 N–H and O–H groups in total. The minimum absolute atomic E-state index is 0.221. The van der Waals surface area contributed by atoms with Gasteiger partial charge >= 0.3 is 11.9 Å². The van der Waals surface area contributed by atoms with Gasteiger partial charge in [0.2, 0.25) is 0 Å². The number of aromatic carboxylic acids is 1. The van der Waals surface area contributed by atoms with Gasteiger partial charge in [-0.3, -0.25) is 9.69 Å². The molecule has 0 aromatic heterocycles. The second kappa shape index (κ2) is 8.32. The van der Waals surface area contributed by atoms with Crippen LogP contribution in [0.2, 0.25) is 0 Å². The summed E-state index contributed by atoms with van der Waals surface area (Å²) in [5.74, 6) is -1.20. The van der Waals surface area contributed by atoms with Crippen molar-refractivity contribution in [2.24, 2.45) is 0 Å². The molecule has 20 heavy (non-hydrogen) atoms. The first-order chi connectivity index (χ1) is 9.56. The van der Waals surface area contributed by atoms with E-state index in [2.05, 4.69) is 0 Å². The number of ether oxygens (including phenoxy) is 1. The zero-order valence-electron chi connectivity index (χ0n) is 12.0. The van der Waals surface area contributed by atoms with Crippen molar-refractivity contribution in [2.45, 2.75) is 26.8 Å². The number of esters is 1. The van der Waals surface area contributed by atoms with Crippen LogP contribution in [0.15, 0.2) is 24.3 Å². The van der Waals surface area contributed by atoms with Gasteiger partial charge in [-0.15, -0.1) is 0 Å². The molecule has 0 aliphatic carbocycles. The quantitative estimate of drug-likeness (QED) is 0.739. The van der Waals surface area contributed by atoms with E-state index >= 15 is 0 Å². The molecule has 0 unspecified atom stereocenters. The highest BCUT2D eigenvalue weighted by molar-refractivity contribution is 5.87. The first-order valence-corrected chi connectivity index (χ1v) is 6.77. The van der Waals surface area contributed by atoms with Crippen LogP contribution in [0.3, 0.4) is 0 Å². The minimum atomic E-state index is -0.945. The summed E-state index contributed by atoms with van der Waals surface area (Å²) in [4.78, 5) is 24.4. The summed E-state index contributed by atoms with van der Waals surface area (Å²) in [5.41, 5.74) is 1.14. The maximum absolute atomic E-state index is 11.5. The number of carboxylic acid groups (broad SMARTS) is 1. The summed E-state index contributed by atoms with van der Waals surface area (Å²) in [5, 5.41) is 8.97. The number of carbonyl (C=O) groups excluding carboxylic acids is 1. The van der Waals surface area contributed by atoms with Crippen molar-refractivity contribution in [1.82, 2.24) is 4.90 Å². The number of benzene rings is 1. The van der Waals surface area contributed by atoms with Crippen molar-refractivity contribution in [1.29, 1.82) is 0 Å². The molecule has 0 aliphatic heterocycles. The summed E-state index contributed by atoms with van der Waals surface area (Å²) in [7, 11) is 0. The maximum atomic E-state index is 11.5. The Labute approximate surface area is 119 Å². The van der Waals surface area contributed by atoms with E-state index in [-0.39, 0.29) is 18.1 Å². The molecule has 0 saturated heterocycles. The molecule has 0 spiro atoms. The molecule has 0 amide bonds. The molecule has 0 saturated carbocycles. The molecule has 0 fully saturated rings. The molecule has 1 aromatic rings. The normalized spacial score (nSPS) is 10.6. The summed E-state index contributed by atoms with van der Waals surface area (Å²) >= 11 is 0. The van der Waals surface area contributed by atoms with Gasteiger partial charge in [0.1, 0.15) is 0 Å². The van der Waals surface area contributed by atoms with Gasteiger partial charge < -0.3 is 9.84 Å². The highest BCUT2D eigenvalue weighted by Gasteiger charge is 2.12. The number of rotatable bonds is 8. The average molecular weight is 279 g/mol. The monoisotopic (exact) mass is 279 g/mol. The van der Waals surface area contributed by atoms with Crippen molar-refractivity contribution in [3.8, 4) is 0 Å². The Hall–Kier alpha value is -1.88. The number of carbonyl (C=O) groups is 2. The van der Waals surface area contributed by atoms with Gasteiger partial charge in [-0.1, -0.05) is 19.1 Å². The van der Waals surface area contributed by atoms with Crippen molar-refractivity contribution >= 4 is 11.9 Å². The van der Waals surface area contributed by atoms with E-state index in [9.17, 15) is 9.59 Å². The van der Waals surface area contributed by atoms with Crippen LogP contribution in [0.25, 0.3) is 0 Å².